The van der Waals surface area contributed by atoms with Gasteiger partial charge in [0.1, 0.15) is 11.2 Å². The smallest absolute Gasteiger partial charge is 0.135 e. The van der Waals surface area contributed by atoms with Gasteiger partial charge in [-0.25, -0.2) is 0 Å². The van der Waals surface area contributed by atoms with Gasteiger partial charge < -0.3 is 13.6 Å². The van der Waals surface area contributed by atoms with Crippen LogP contribution in [0.5, 0.6) is 0 Å². The van der Waals surface area contributed by atoms with E-state index in [0.717, 1.165) is 50.1 Å². The Morgan fingerprint density at radius 1 is 0.457 bits per heavy atom. The van der Waals surface area contributed by atoms with Crippen LogP contribution in [-0.4, -0.2) is 9.13 Å². The third-order valence-corrected chi connectivity index (χ3v) is 9.35. The Morgan fingerprint density at radius 2 is 1.07 bits per heavy atom. The SMILES string of the molecule is C1=CC(c2ccc3oc4ccc(-n5c6ccccc6c6ccccc65)cc4c3c2)=Cc2c(n(-c3ccccc3)c3ccccc23)C=1. The molecule has 0 saturated carbocycles. The lowest BCUT2D eigenvalue weighted by atomic mass is 10.00. The minimum atomic E-state index is 0.883. The second-order valence-corrected chi connectivity index (χ2v) is 11.9. The van der Waals surface area contributed by atoms with Gasteiger partial charge in [0.15, 0.2) is 0 Å². The Kier molecular flexibility index (Phi) is 5.24. The molecule has 0 spiro atoms. The summed E-state index contributed by atoms with van der Waals surface area (Å²) >= 11 is 0. The van der Waals surface area contributed by atoms with Gasteiger partial charge in [0.2, 0.25) is 0 Å². The number of aromatic nitrogens is 2. The summed E-state index contributed by atoms with van der Waals surface area (Å²) in [5.74, 6) is 0. The second kappa shape index (κ2) is 9.61. The van der Waals surface area contributed by atoms with Crippen LogP contribution in [0.1, 0.15) is 16.8 Å². The third-order valence-electron chi connectivity index (χ3n) is 9.35. The maximum absolute atomic E-state index is 6.37. The van der Waals surface area contributed by atoms with Gasteiger partial charge in [-0.15, -0.1) is 5.73 Å². The normalized spacial score (nSPS) is 12.8. The van der Waals surface area contributed by atoms with E-state index >= 15 is 0 Å². The first kappa shape index (κ1) is 25.1. The van der Waals surface area contributed by atoms with E-state index in [1.54, 1.807) is 0 Å². The predicted octanol–water partition coefficient (Wildman–Crippen LogP) is 11.3. The van der Waals surface area contributed by atoms with E-state index in [1.807, 2.05) is 0 Å². The molecule has 46 heavy (non-hydrogen) atoms. The summed E-state index contributed by atoms with van der Waals surface area (Å²) in [5, 5.41) is 5.94. The molecule has 3 heteroatoms. The van der Waals surface area contributed by atoms with Crippen LogP contribution < -0.4 is 0 Å². The maximum Gasteiger partial charge on any atom is 0.135 e. The molecule has 0 saturated heterocycles. The number of allylic oxidation sites excluding steroid dienone is 2. The molecule has 0 radical (unpaired) electrons. The van der Waals surface area contributed by atoms with Crippen LogP contribution in [-0.2, 0) is 0 Å². The number of fused-ring (bicyclic) bond motifs is 9. The monoisotopic (exact) mass is 586 g/mol. The molecule has 214 valence electrons. The van der Waals surface area contributed by atoms with Crippen LogP contribution >= 0.6 is 0 Å². The largest absolute Gasteiger partial charge is 0.456 e. The van der Waals surface area contributed by atoms with Crippen molar-refractivity contribution in [3.05, 3.63) is 168 Å². The van der Waals surface area contributed by atoms with Gasteiger partial charge in [-0.2, -0.15) is 0 Å². The molecule has 3 aromatic heterocycles. The van der Waals surface area contributed by atoms with E-state index in [9.17, 15) is 0 Å². The lowest BCUT2D eigenvalue weighted by Gasteiger charge is -2.08. The zero-order valence-corrected chi connectivity index (χ0v) is 24.8. The summed E-state index contributed by atoms with van der Waals surface area (Å²) in [5.41, 5.74) is 15.7. The quantitative estimate of drug-likeness (QED) is 0.189. The molecule has 6 aromatic carbocycles. The third kappa shape index (κ3) is 3.61. The van der Waals surface area contributed by atoms with Gasteiger partial charge in [0, 0.05) is 49.9 Å². The molecule has 1 aliphatic rings. The number of rotatable bonds is 3. The number of hydrogen-bond donors (Lipinski definition) is 0. The standard InChI is InChI=1S/C43H26N2O/c1-2-12-30(13-3-1)44-40-19-9-6-16-34(40)35-25-28(11-10-20-41(35)44)29-21-23-42-36(26-29)37-27-31(22-24-43(37)46-42)45-38-17-7-4-14-32(38)33-15-5-8-18-39(33)45/h1-9,11-27H. The van der Waals surface area contributed by atoms with Gasteiger partial charge in [-0.05, 0) is 84.0 Å². The Morgan fingerprint density at radius 3 is 1.80 bits per heavy atom. The van der Waals surface area contributed by atoms with Gasteiger partial charge in [0.05, 0.1) is 22.2 Å². The molecule has 0 atom stereocenters. The van der Waals surface area contributed by atoms with Crippen LogP contribution in [0.3, 0.4) is 0 Å². The van der Waals surface area contributed by atoms with Crippen molar-refractivity contribution in [2.45, 2.75) is 0 Å². The summed E-state index contributed by atoms with van der Waals surface area (Å²) < 4.78 is 11.1. The number of para-hydroxylation sites is 4. The molecular weight excluding hydrogens is 560 g/mol. The van der Waals surface area contributed by atoms with Crippen molar-refractivity contribution in [3.8, 4) is 11.4 Å². The lowest BCUT2D eigenvalue weighted by Crippen LogP contribution is -1.96. The van der Waals surface area contributed by atoms with E-state index in [2.05, 4.69) is 173 Å². The molecule has 0 unspecified atom stereocenters. The van der Waals surface area contributed by atoms with Gasteiger partial charge in [-0.1, -0.05) is 78.9 Å². The number of benzene rings is 6. The average Bonchev–Trinajstić information content (AvgIpc) is 3.69. The highest BCUT2D eigenvalue weighted by Gasteiger charge is 2.18. The first-order valence-electron chi connectivity index (χ1n) is 15.6. The minimum absolute atomic E-state index is 0.883. The minimum Gasteiger partial charge on any atom is -0.456 e. The summed E-state index contributed by atoms with van der Waals surface area (Å²) in [6.07, 6.45) is 6.51. The van der Waals surface area contributed by atoms with Crippen molar-refractivity contribution in [1.29, 1.82) is 0 Å². The molecule has 0 amide bonds. The molecule has 0 N–H and O–H groups in total. The van der Waals surface area contributed by atoms with Crippen LogP contribution in [0.25, 0.3) is 83.7 Å². The van der Waals surface area contributed by atoms with Crippen molar-refractivity contribution < 1.29 is 4.42 Å². The predicted molar refractivity (Wildman–Crippen MR) is 192 cm³/mol. The van der Waals surface area contributed by atoms with Crippen LogP contribution in [0.2, 0.25) is 0 Å². The Labute approximate surface area is 264 Å². The topological polar surface area (TPSA) is 23.0 Å². The molecule has 10 rings (SSSR count). The fraction of sp³-hybridized carbons (Fsp3) is 0. The van der Waals surface area contributed by atoms with Gasteiger partial charge in [0.25, 0.3) is 0 Å². The second-order valence-electron chi connectivity index (χ2n) is 11.9. The maximum atomic E-state index is 6.37. The zero-order valence-electron chi connectivity index (χ0n) is 24.8. The van der Waals surface area contributed by atoms with E-state index in [4.69, 9.17) is 4.42 Å². The fourth-order valence-electron chi connectivity index (χ4n) is 7.29. The number of hydrogen-bond acceptors (Lipinski definition) is 1. The van der Waals surface area contributed by atoms with Gasteiger partial charge >= 0.3 is 0 Å². The Hall–Kier alpha value is -6.28. The first-order chi connectivity index (χ1) is 22.8. The summed E-state index contributed by atoms with van der Waals surface area (Å²) in [7, 11) is 0. The van der Waals surface area contributed by atoms with Crippen molar-refractivity contribution in [2.24, 2.45) is 0 Å². The first-order valence-corrected chi connectivity index (χ1v) is 15.6. The van der Waals surface area contributed by atoms with Crippen LogP contribution in [0.4, 0.5) is 0 Å². The molecular formula is C43H26N2O. The van der Waals surface area contributed by atoms with Crippen molar-refractivity contribution >= 4 is 72.4 Å². The highest BCUT2D eigenvalue weighted by atomic mass is 16.3. The molecule has 3 heterocycles. The lowest BCUT2D eigenvalue weighted by molar-refractivity contribution is 0.669. The summed E-state index contributed by atoms with van der Waals surface area (Å²) in [6.45, 7) is 0. The van der Waals surface area contributed by atoms with Crippen LogP contribution in [0, 0.1) is 0 Å². The molecule has 0 aliphatic heterocycles. The van der Waals surface area contributed by atoms with Crippen molar-refractivity contribution in [3.63, 3.8) is 0 Å². The molecule has 0 fully saturated rings. The van der Waals surface area contributed by atoms with E-state index in [1.165, 1.54) is 38.3 Å². The van der Waals surface area contributed by atoms with E-state index in [0.29, 0.717) is 0 Å². The van der Waals surface area contributed by atoms with E-state index < -0.39 is 0 Å². The van der Waals surface area contributed by atoms with Crippen LogP contribution in [0.15, 0.2) is 156 Å². The molecule has 9 aromatic rings. The molecule has 1 aliphatic carbocycles. The van der Waals surface area contributed by atoms with Gasteiger partial charge in [-0.3, -0.25) is 0 Å². The highest BCUT2D eigenvalue weighted by molar-refractivity contribution is 6.11. The summed E-state index contributed by atoms with van der Waals surface area (Å²) in [4.78, 5) is 0. The highest BCUT2D eigenvalue weighted by Crippen LogP contribution is 2.38. The number of nitrogens with zero attached hydrogens (tertiary/aromatic N) is 2. The number of furan rings is 1. The Balaban J connectivity index is 1.16. The summed E-state index contributed by atoms with van der Waals surface area (Å²) in [6, 6.07) is 49.5. The van der Waals surface area contributed by atoms with Crippen molar-refractivity contribution in [2.75, 3.05) is 0 Å². The van der Waals surface area contributed by atoms with E-state index in [-0.39, 0.29) is 0 Å². The molecule has 0 bridgehead atoms. The Bertz CT molecular complexity index is 2720. The molecule has 3 nitrogen and oxygen atoms in total. The van der Waals surface area contributed by atoms with Crippen molar-refractivity contribution in [1.82, 2.24) is 9.13 Å². The zero-order chi connectivity index (χ0) is 30.2. The average molecular weight is 587 g/mol. The fourth-order valence-corrected chi connectivity index (χ4v) is 7.29.